The molecule has 0 saturated carbocycles. The van der Waals surface area contributed by atoms with Gasteiger partial charge in [-0.05, 0) is 6.54 Å². The predicted molar refractivity (Wildman–Crippen MR) is 82.7 cm³/mol. The molecule has 2 heterocycles. The zero-order valence-electron chi connectivity index (χ0n) is 12.2. The summed E-state index contributed by atoms with van der Waals surface area (Å²) in [5.74, 6) is 1.16. The van der Waals surface area contributed by atoms with Crippen molar-refractivity contribution in [3.8, 4) is 11.3 Å². The second kappa shape index (κ2) is 6.20. The van der Waals surface area contributed by atoms with Crippen LogP contribution in [0.15, 0.2) is 36.4 Å². The predicted octanol–water partition coefficient (Wildman–Crippen LogP) is 2.12. The molecule has 1 aromatic heterocycles. The molecule has 5 nitrogen and oxygen atoms in total. The Bertz CT molecular complexity index is 602. The quantitative estimate of drug-likeness (QED) is 0.935. The summed E-state index contributed by atoms with van der Waals surface area (Å²) in [6.45, 7) is 5.64. The number of nitrogens with zero attached hydrogens (tertiary/aromatic N) is 3. The summed E-state index contributed by atoms with van der Waals surface area (Å²) in [5, 5.41) is 0. The van der Waals surface area contributed by atoms with Gasteiger partial charge in [-0.3, -0.25) is 4.90 Å². The van der Waals surface area contributed by atoms with E-state index in [1.165, 1.54) is 0 Å². The van der Waals surface area contributed by atoms with Crippen LogP contribution < -0.4 is 5.73 Å². The van der Waals surface area contributed by atoms with Gasteiger partial charge < -0.3 is 10.5 Å². The summed E-state index contributed by atoms with van der Waals surface area (Å²) in [6, 6.07) is 11.8. The molecule has 110 valence electrons. The normalized spacial score (nSPS) is 19.6. The summed E-state index contributed by atoms with van der Waals surface area (Å²) in [7, 11) is 0. The number of ether oxygens (including phenoxy) is 1. The molecule has 0 spiro atoms. The summed E-state index contributed by atoms with van der Waals surface area (Å²) >= 11 is 0. The first-order chi connectivity index (χ1) is 10.3. The van der Waals surface area contributed by atoms with E-state index in [0.29, 0.717) is 18.2 Å². The van der Waals surface area contributed by atoms with Crippen LogP contribution in [0.5, 0.6) is 0 Å². The van der Waals surface area contributed by atoms with Crippen LogP contribution >= 0.6 is 0 Å². The molecule has 1 aliphatic rings. The molecule has 1 aromatic carbocycles. The van der Waals surface area contributed by atoms with E-state index in [2.05, 4.69) is 21.8 Å². The molecular weight excluding hydrogens is 264 g/mol. The third-order valence-corrected chi connectivity index (χ3v) is 3.72. The van der Waals surface area contributed by atoms with E-state index < -0.39 is 0 Å². The van der Waals surface area contributed by atoms with Crippen molar-refractivity contribution in [2.24, 2.45) is 0 Å². The highest BCUT2D eigenvalue weighted by Gasteiger charge is 2.24. The molecule has 3 rings (SSSR count). The van der Waals surface area contributed by atoms with Gasteiger partial charge in [0.05, 0.1) is 12.3 Å². The lowest BCUT2D eigenvalue weighted by Crippen LogP contribution is -2.38. The number of anilines is 1. The van der Waals surface area contributed by atoms with Crippen molar-refractivity contribution in [1.29, 1.82) is 0 Å². The summed E-state index contributed by atoms with van der Waals surface area (Å²) in [5.41, 5.74) is 7.83. The number of hydrogen-bond acceptors (Lipinski definition) is 5. The fraction of sp³-hybridized carbons (Fsp3) is 0.375. The fourth-order valence-corrected chi connectivity index (χ4v) is 2.53. The monoisotopic (exact) mass is 284 g/mol. The molecule has 1 atom stereocenters. The van der Waals surface area contributed by atoms with E-state index in [0.717, 1.165) is 30.9 Å². The van der Waals surface area contributed by atoms with E-state index in [1.807, 2.05) is 30.3 Å². The first-order valence-electron chi connectivity index (χ1n) is 7.30. The van der Waals surface area contributed by atoms with E-state index in [9.17, 15) is 0 Å². The smallest absolute Gasteiger partial charge is 0.161 e. The lowest BCUT2D eigenvalue weighted by molar-refractivity contribution is -0.0324. The van der Waals surface area contributed by atoms with Crippen molar-refractivity contribution >= 4 is 5.82 Å². The molecule has 5 heteroatoms. The number of hydrogen-bond donors (Lipinski definition) is 1. The SMILES string of the molecule is CCN1CCOC(c2nc(N)cc(-c3ccccc3)n2)C1. The van der Waals surface area contributed by atoms with Gasteiger partial charge in [0.2, 0.25) is 0 Å². The average Bonchev–Trinajstić information content (AvgIpc) is 2.55. The maximum absolute atomic E-state index is 5.95. The highest BCUT2D eigenvalue weighted by Crippen LogP contribution is 2.24. The maximum atomic E-state index is 5.95. The Morgan fingerprint density at radius 3 is 2.86 bits per heavy atom. The van der Waals surface area contributed by atoms with E-state index in [-0.39, 0.29) is 6.10 Å². The van der Waals surface area contributed by atoms with Crippen molar-refractivity contribution in [1.82, 2.24) is 14.9 Å². The van der Waals surface area contributed by atoms with Gasteiger partial charge in [0.25, 0.3) is 0 Å². The number of benzene rings is 1. The molecule has 1 fully saturated rings. The summed E-state index contributed by atoms with van der Waals surface area (Å²) < 4.78 is 5.82. The zero-order valence-corrected chi connectivity index (χ0v) is 12.2. The Morgan fingerprint density at radius 1 is 1.29 bits per heavy atom. The van der Waals surface area contributed by atoms with Crippen LogP contribution in [0.3, 0.4) is 0 Å². The van der Waals surface area contributed by atoms with Crippen LogP contribution in [0.2, 0.25) is 0 Å². The van der Waals surface area contributed by atoms with Crippen LogP contribution in [0.25, 0.3) is 11.3 Å². The van der Waals surface area contributed by atoms with Crippen LogP contribution in [0, 0.1) is 0 Å². The number of aromatic nitrogens is 2. The summed E-state index contributed by atoms with van der Waals surface area (Å²) in [4.78, 5) is 11.4. The van der Waals surface area contributed by atoms with Crippen molar-refractivity contribution in [2.45, 2.75) is 13.0 Å². The first kappa shape index (κ1) is 14.0. The second-order valence-electron chi connectivity index (χ2n) is 5.15. The van der Waals surface area contributed by atoms with Gasteiger partial charge in [0.15, 0.2) is 5.82 Å². The first-order valence-corrected chi connectivity index (χ1v) is 7.30. The molecule has 1 unspecified atom stereocenters. The highest BCUT2D eigenvalue weighted by molar-refractivity contribution is 5.61. The molecule has 1 aliphatic heterocycles. The second-order valence-corrected chi connectivity index (χ2v) is 5.15. The Morgan fingerprint density at radius 2 is 2.10 bits per heavy atom. The lowest BCUT2D eigenvalue weighted by atomic mass is 10.1. The zero-order chi connectivity index (χ0) is 14.7. The minimum Gasteiger partial charge on any atom is -0.384 e. The molecular formula is C16H20N4O. The Hall–Kier alpha value is -1.98. The topological polar surface area (TPSA) is 64.3 Å². The lowest BCUT2D eigenvalue weighted by Gasteiger charge is -2.31. The third kappa shape index (κ3) is 3.20. The molecule has 2 N–H and O–H groups in total. The number of nitrogen functional groups attached to an aromatic ring is 1. The van der Waals surface area contributed by atoms with E-state index >= 15 is 0 Å². The van der Waals surface area contributed by atoms with Crippen molar-refractivity contribution in [3.63, 3.8) is 0 Å². The van der Waals surface area contributed by atoms with Gasteiger partial charge in [0.1, 0.15) is 11.9 Å². The molecule has 2 aromatic rings. The standard InChI is InChI=1S/C16H20N4O/c1-2-20-8-9-21-14(11-20)16-18-13(10-15(17)19-16)12-6-4-3-5-7-12/h3-7,10,14H,2,8-9,11H2,1H3,(H2,17,18,19). The van der Waals surface area contributed by atoms with Crippen LogP contribution in [-0.4, -0.2) is 41.1 Å². The Balaban J connectivity index is 1.91. The molecule has 0 amide bonds. The molecule has 0 radical (unpaired) electrons. The molecule has 21 heavy (non-hydrogen) atoms. The minimum atomic E-state index is -0.107. The van der Waals surface area contributed by atoms with E-state index in [4.69, 9.17) is 10.5 Å². The molecule has 0 aliphatic carbocycles. The van der Waals surface area contributed by atoms with Crippen LogP contribution in [-0.2, 0) is 4.74 Å². The van der Waals surface area contributed by atoms with Crippen LogP contribution in [0.4, 0.5) is 5.82 Å². The van der Waals surface area contributed by atoms with Gasteiger partial charge >= 0.3 is 0 Å². The van der Waals surface area contributed by atoms with Gasteiger partial charge in [-0.15, -0.1) is 0 Å². The van der Waals surface area contributed by atoms with Gasteiger partial charge in [0, 0.05) is 24.7 Å². The maximum Gasteiger partial charge on any atom is 0.161 e. The fourth-order valence-electron chi connectivity index (χ4n) is 2.53. The van der Waals surface area contributed by atoms with Gasteiger partial charge in [-0.2, -0.15) is 0 Å². The molecule has 0 bridgehead atoms. The summed E-state index contributed by atoms with van der Waals surface area (Å²) in [6.07, 6.45) is -0.107. The number of likely N-dealkylation sites (N-methyl/N-ethyl adjacent to an activating group) is 1. The average molecular weight is 284 g/mol. The number of rotatable bonds is 3. The highest BCUT2D eigenvalue weighted by atomic mass is 16.5. The minimum absolute atomic E-state index is 0.107. The Labute approximate surface area is 124 Å². The van der Waals surface area contributed by atoms with Crippen LogP contribution in [0.1, 0.15) is 18.9 Å². The Kier molecular flexibility index (Phi) is 4.13. The van der Waals surface area contributed by atoms with E-state index in [1.54, 1.807) is 6.07 Å². The van der Waals surface area contributed by atoms with Crippen molar-refractivity contribution < 1.29 is 4.74 Å². The van der Waals surface area contributed by atoms with Gasteiger partial charge in [-0.1, -0.05) is 37.3 Å². The van der Waals surface area contributed by atoms with Crippen molar-refractivity contribution in [3.05, 3.63) is 42.2 Å². The number of nitrogens with two attached hydrogens (primary N) is 1. The molecule has 1 saturated heterocycles. The largest absolute Gasteiger partial charge is 0.384 e. The van der Waals surface area contributed by atoms with Gasteiger partial charge in [-0.25, -0.2) is 9.97 Å². The third-order valence-electron chi connectivity index (χ3n) is 3.72. The number of morpholine rings is 1. The van der Waals surface area contributed by atoms with Crippen molar-refractivity contribution in [2.75, 3.05) is 32.0 Å².